The molecule has 1 aliphatic rings. The number of hydrogen-bond acceptors (Lipinski definition) is 1. The molecule has 0 spiro atoms. The zero-order valence-corrected chi connectivity index (χ0v) is 10.4. The second-order valence-corrected chi connectivity index (χ2v) is 5.31. The molecule has 0 aromatic heterocycles. The fourth-order valence-electron chi connectivity index (χ4n) is 2.78. The molecule has 1 aliphatic carbocycles. The monoisotopic (exact) mass is 237 g/mol. The van der Waals surface area contributed by atoms with E-state index in [9.17, 15) is 0 Å². The molecule has 2 rings (SSSR count). The van der Waals surface area contributed by atoms with Crippen molar-refractivity contribution >= 4 is 11.6 Å². The van der Waals surface area contributed by atoms with Crippen LogP contribution in [0.3, 0.4) is 0 Å². The van der Waals surface area contributed by atoms with Crippen LogP contribution in [0.2, 0.25) is 5.02 Å². The van der Waals surface area contributed by atoms with Crippen LogP contribution in [0.4, 0.5) is 0 Å². The average molecular weight is 238 g/mol. The minimum atomic E-state index is 0.488. The van der Waals surface area contributed by atoms with E-state index < -0.39 is 0 Å². The lowest BCUT2D eigenvalue weighted by Gasteiger charge is -2.19. The predicted molar refractivity (Wildman–Crippen MR) is 69.8 cm³/mol. The van der Waals surface area contributed by atoms with Gasteiger partial charge in [-0.25, -0.2) is 0 Å². The van der Waals surface area contributed by atoms with E-state index in [1.54, 1.807) is 0 Å². The molecule has 1 fully saturated rings. The van der Waals surface area contributed by atoms with Crippen LogP contribution in [0, 0.1) is 5.92 Å². The fourth-order valence-corrected chi connectivity index (χ4v) is 2.98. The molecule has 0 heterocycles. The Morgan fingerprint density at radius 1 is 1.31 bits per heavy atom. The van der Waals surface area contributed by atoms with Crippen molar-refractivity contribution in [3.05, 3.63) is 34.9 Å². The molecule has 1 nitrogen and oxygen atoms in total. The van der Waals surface area contributed by atoms with E-state index >= 15 is 0 Å². The lowest BCUT2D eigenvalue weighted by molar-refractivity contribution is 0.448. The molecule has 1 unspecified atom stereocenters. The first-order valence-corrected chi connectivity index (χ1v) is 6.63. The molecule has 0 saturated heterocycles. The summed E-state index contributed by atoms with van der Waals surface area (Å²) in [6, 6.07) is 8.16. The Morgan fingerprint density at radius 2 is 2.06 bits per heavy atom. The average Bonchev–Trinajstić information content (AvgIpc) is 2.78. The molecule has 1 atom stereocenters. The fraction of sp³-hybridized carbons (Fsp3) is 0.571. The van der Waals surface area contributed by atoms with Gasteiger partial charge in [-0.2, -0.15) is 0 Å². The molecule has 1 aromatic carbocycles. The lowest BCUT2D eigenvalue weighted by Crippen LogP contribution is -2.15. The molecular weight excluding hydrogens is 218 g/mol. The van der Waals surface area contributed by atoms with Gasteiger partial charge in [0.25, 0.3) is 0 Å². The minimum Gasteiger partial charge on any atom is -0.330 e. The van der Waals surface area contributed by atoms with Crippen molar-refractivity contribution in [2.45, 2.75) is 38.0 Å². The molecule has 0 bridgehead atoms. The van der Waals surface area contributed by atoms with E-state index in [1.165, 1.54) is 37.7 Å². The van der Waals surface area contributed by atoms with E-state index in [1.807, 2.05) is 12.1 Å². The quantitative estimate of drug-likeness (QED) is 0.843. The van der Waals surface area contributed by atoms with Crippen LogP contribution in [0.5, 0.6) is 0 Å². The van der Waals surface area contributed by atoms with Crippen molar-refractivity contribution in [2.24, 2.45) is 11.7 Å². The van der Waals surface area contributed by atoms with E-state index in [0.29, 0.717) is 5.92 Å². The minimum absolute atomic E-state index is 0.488. The van der Waals surface area contributed by atoms with E-state index in [0.717, 1.165) is 17.5 Å². The number of rotatable bonds is 4. The lowest BCUT2D eigenvalue weighted by atomic mass is 9.88. The largest absolute Gasteiger partial charge is 0.330 e. The molecule has 0 radical (unpaired) electrons. The molecule has 1 saturated carbocycles. The zero-order chi connectivity index (χ0) is 11.4. The van der Waals surface area contributed by atoms with Crippen LogP contribution in [0.25, 0.3) is 0 Å². The summed E-state index contributed by atoms with van der Waals surface area (Å²) in [5.74, 6) is 1.37. The topological polar surface area (TPSA) is 26.0 Å². The third-order valence-electron chi connectivity index (χ3n) is 3.70. The van der Waals surface area contributed by atoms with Crippen LogP contribution in [-0.2, 0) is 0 Å². The second-order valence-electron chi connectivity index (χ2n) is 4.87. The maximum absolute atomic E-state index is 6.02. The summed E-state index contributed by atoms with van der Waals surface area (Å²) >= 11 is 6.02. The summed E-state index contributed by atoms with van der Waals surface area (Å²) in [5.41, 5.74) is 7.20. The van der Waals surface area contributed by atoms with Gasteiger partial charge < -0.3 is 5.73 Å². The Morgan fingerprint density at radius 3 is 2.69 bits per heavy atom. The molecule has 0 amide bonds. The Labute approximate surface area is 103 Å². The predicted octanol–water partition coefficient (Wildman–Crippen LogP) is 3.96. The third kappa shape index (κ3) is 2.99. The van der Waals surface area contributed by atoms with Crippen LogP contribution < -0.4 is 5.73 Å². The Hall–Kier alpha value is -0.530. The summed E-state index contributed by atoms with van der Waals surface area (Å²) in [5, 5.41) is 0.822. The van der Waals surface area contributed by atoms with Crippen molar-refractivity contribution < 1.29 is 0 Å². The third-order valence-corrected chi connectivity index (χ3v) is 3.93. The second kappa shape index (κ2) is 5.70. The molecule has 2 N–H and O–H groups in total. The molecule has 1 aromatic rings. The summed E-state index contributed by atoms with van der Waals surface area (Å²) < 4.78 is 0. The molecule has 16 heavy (non-hydrogen) atoms. The Kier molecular flexibility index (Phi) is 4.25. The van der Waals surface area contributed by atoms with Crippen molar-refractivity contribution in [2.75, 3.05) is 6.54 Å². The van der Waals surface area contributed by atoms with Crippen molar-refractivity contribution in [3.8, 4) is 0 Å². The first-order valence-electron chi connectivity index (χ1n) is 6.25. The first-order chi connectivity index (χ1) is 7.79. The maximum Gasteiger partial charge on any atom is 0.0408 e. The Bertz CT molecular complexity index is 331. The first kappa shape index (κ1) is 11.9. The normalized spacial score (nSPS) is 18.9. The van der Waals surface area contributed by atoms with Crippen molar-refractivity contribution in [1.29, 1.82) is 0 Å². The van der Waals surface area contributed by atoms with Gasteiger partial charge in [0.15, 0.2) is 0 Å². The summed E-state index contributed by atoms with van der Waals surface area (Å²) in [7, 11) is 0. The van der Waals surface area contributed by atoms with Crippen molar-refractivity contribution in [1.82, 2.24) is 0 Å². The van der Waals surface area contributed by atoms with Gasteiger partial charge >= 0.3 is 0 Å². The summed E-state index contributed by atoms with van der Waals surface area (Å²) in [6.07, 6.45) is 6.81. The van der Waals surface area contributed by atoms with Crippen LogP contribution in [0.15, 0.2) is 24.3 Å². The van der Waals surface area contributed by atoms with Gasteiger partial charge in [0, 0.05) is 5.02 Å². The Balaban J connectivity index is 2.03. The SMILES string of the molecule is NCC(CC1CCCC1)c1cccc(Cl)c1. The van der Waals surface area contributed by atoms with Crippen molar-refractivity contribution in [3.63, 3.8) is 0 Å². The van der Waals surface area contributed by atoms with Crippen LogP contribution >= 0.6 is 11.6 Å². The van der Waals surface area contributed by atoms with Crippen LogP contribution in [-0.4, -0.2) is 6.54 Å². The van der Waals surface area contributed by atoms with E-state index in [-0.39, 0.29) is 0 Å². The van der Waals surface area contributed by atoms with Gasteiger partial charge in [-0.05, 0) is 42.5 Å². The van der Waals surface area contributed by atoms with Gasteiger partial charge in [-0.3, -0.25) is 0 Å². The van der Waals surface area contributed by atoms with E-state index in [2.05, 4.69) is 12.1 Å². The standard InChI is InChI=1S/C14H20ClN/c15-14-7-3-6-12(9-14)13(10-16)8-11-4-1-2-5-11/h3,6-7,9,11,13H,1-2,4-5,8,10,16H2. The van der Waals surface area contributed by atoms with Gasteiger partial charge in [0.2, 0.25) is 0 Å². The molecule has 2 heteroatoms. The van der Waals surface area contributed by atoms with Gasteiger partial charge in [0.05, 0.1) is 0 Å². The number of benzene rings is 1. The zero-order valence-electron chi connectivity index (χ0n) is 9.66. The highest BCUT2D eigenvalue weighted by Gasteiger charge is 2.20. The smallest absolute Gasteiger partial charge is 0.0408 e. The highest BCUT2D eigenvalue weighted by atomic mass is 35.5. The highest BCUT2D eigenvalue weighted by molar-refractivity contribution is 6.30. The maximum atomic E-state index is 6.02. The van der Waals surface area contributed by atoms with E-state index in [4.69, 9.17) is 17.3 Å². The number of nitrogens with two attached hydrogens (primary N) is 1. The van der Waals surface area contributed by atoms with Gasteiger partial charge in [0.1, 0.15) is 0 Å². The molecule has 0 aliphatic heterocycles. The molecular formula is C14H20ClN. The summed E-state index contributed by atoms with van der Waals surface area (Å²) in [4.78, 5) is 0. The number of hydrogen-bond donors (Lipinski definition) is 1. The highest BCUT2D eigenvalue weighted by Crippen LogP contribution is 2.34. The molecule has 88 valence electrons. The number of halogens is 1. The summed E-state index contributed by atoms with van der Waals surface area (Å²) in [6.45, 7) is 0.733. The van der Waals surface area contributed by atoms with Gasteiger partial charge in [-0.15, -0.1) is 0 Å². The van der Waals surface area contributed by atoms with Gasteiger partial charge in [-0.1, -0.05) is 49.4 Å². The van der Waals surface area contributed by atoms with Crippen LogP contribution in [0.1, 0.15) is 43.6 Å².